The summed E-state index contributed by atoms with van der Waals surface area (Å²) >= 11 is 0. The molecule has 1 unspecified atom stereocenters. The largest absolute Gasteiger partial charge is 0.491 e. The highest BCUT2D eigenvalue weighted by molar-refractivity contribution is 6.06. The molecule has 0 bridgehead atoms. The highest BCUT2D eigenvalue weighted by Crippen LogP contribution is 2.31. The van der Waals surface area contributed by atoms with Crippen LogP contribution >= 0.6 is 0 Å². The van der Waals surface area contributed by atoms with E-state index in [0.717, 1.165) is 48.3 Å². The minimum atomic E-state index is -0.626. The normalized spacial score (nSPS) is 15.8. The summed E-state index contributed by atoms with van der Waals surface area (Å²) in [6.45, 7) is 9.78. The number of aliphatic hydroxyl groups excluding tert-OH is 2. The number of aliphatic hydroxyl groups is 2. The summed E-state index contributed by atoms with van der Waals surface area (Å²) in [4.78, 5) is 17.3. The molecule has 0 amide bonds. The number of carbonyl (C=O) groups excluding carboxylic acids is 1. The van der Waals surface area contributed by atoms with Crippen LogP contribution in [0.4, 0.5) is 0 Å². The second-order valence-corrected chi connectivity index (χ2v) is 9.26. The number of β-amino-alcohol motifs (C(OH)–C–C–N with tert-alkyl or cyclic N) is 2. The number of esters is 1. The van der Waals surface area contributed by atoms with Crippen LogP contribution in [0.3, 0.4) is 0 Å². The molecule has 0 saturated carbocycles. The van der Waals surface area contributed by atoms with Crippen molar-refractivity contribution in [1.82, 2.24) is 14.4 Å². The van der Waals surface area contributed by atoms with Gasteiger partial charge in [-0.2, -0.15) is 0 Å². The van der Waals surface area contributed by atoms with Gasteiger partial charge in [0, 0.05) is 62.4 Å². The van der Waals surface area contributed by atoms with Crippen molar-refractivity contribution in [2.45, 2.75) is 26.5 Å². The summed E-state index contributed by atoms with van der Waals surface area (Å²) in [5.74, 6) is 0.265. The first-order valence-corrected chi connectivity index (χ1v) is 12.7. The van der Waals surface area contributed by atoms with Crippen LogP contribution in [0.1, 0.15) is 28.5 Å². The third-order valence-corrected chi connectivity index (χ3v) is 6.75. The minimum Gasteiger partial charge on any atom is -0.491 e. The predicted octanol–water partition coefficient (Wildman–Crippen LogP) is 2.52. The summed E-state index contributed by atoms with van der Waals surface area (Å²) in [6, 6.07) is 15.9. The monoisotopic (exact) mass is 495 g/mol. The van der Waals surface area contributed by atoms with Crippen molar-refractivity contribution < 1.29 is 24.5 Å². The molecule has 2 heterocycles. The fourth-order valence-electron chi connectivity index (χ4n) is 4.86. The zero-order valence-electron chi connectivity index (χ0n) is 21.2. The van der Waals surface area contributed by atoms with Gasteiger partial charge in [-0.15, -0.1) is 0 Å². The van der Waals surface area contributed by atoms with Crippen LogP contribution in [-0.2, 0) is 11.3 Å². The lowest BCUT2D eigenvalue weighted by Crippen LogP contribution is -2.49. The molecule has 1 saturated heterocycles. The highest BCUT2D eigenvalue weighted by Gasteiger charge is 2.23. The Bertz CT molecular complexity index is 1140. The number of carbonyl (C=O) groups is 1. The average molecular weight is 496 g/mol. The van der Waals surface area contributed by atoms with Crippen molar-refractivity contribution in [3.05, 3.63) is 65.4 Å². The van der Waals surface area contributed by atoms with Gasteiger partial charge in [0.1, 0.15) is 18.5 Å². The first-order chi connectivity index (χ1) is 17.5. The van der Waals surface area contributed by atoms with Crippen molar-refractivity contribution in [1.29, 1.82) is 0 Å². The number of nitrogens with zero attached hydrogens (tertiary/aromatic N) is 3. The van der Waals surface area contributed by atoms with E-state index in [9.17, 15) is 9.90 Å². The number of piperazine rings is 1. The molecule has 1 aliphatic rings. The van der Waals surface area contributed by atoms with Gasteiger partial charge in [-0.25, -0.2) is 4.79 Å². The van der Waals surface area contributed by atoms with Gasteiger partial charge in [0.15, 0.2) is 0 Å². The van der Waals surface area contributed by atoms with Crippen LogP contribution in [0.15, 0.2) is 48.5 Å². The predicted molar refractivity (Wildman–Crippen MR) is 140 cm³/mol. The molecule has 0 aliphatic carbocycles. The van der Waals surface area contributed by atoms with Gasteiger partial charge in [0.25, 0.3) is 0 Å². The van der Waals surface area contributed by atoms with Crippen LogP contribution in [-0.4, -0.2) is 95.7 Å². The highest BCUT2D eigenvalue weighted by atomic mass is 16.5. The molecule has 1 fully saturated rings. The summed E-state index contributed by atoms with van der Waals surface area (Å²) < 4.78 is 13.5. The van der Waals surface area contributed by atoms with Gasteiger partial charge in [-0.1, -0.05) is 30.3 Å². The van der Waals surface area contributed by atoms with Crippen molar-refractivity contribution in [3.63, 3.8) is 0 Å². The standard InChI is InChI=1S/C28H37N3O5/c1-3-35-28(34)27-21(2)31(18-22-7-5-4-6-8-22)26-10-9-24(17-25(26)27)36-20-23(33)19-30-13-11-29(12-14-30)15-16-32/h4-10,17,23,32-33H,3,11-16,18-20H2,1-2H3. The second-order valence-electron chi connectivity index (χ2n) is 9.26. The molecule has 8 heteroatoms. The SMILES string of the molecule is CCOC(=O)c1c(C)n(Cc2ccccc2)c2ccc(OCC(O)CN3CCN(CCO)CC3)cc12. The number of ether oxygens (including phenoxy) is 2. The van der Waals surface area contributed by atoms with E-state index in [1.807, 2.05) is 43.3 Å². The fourth-order valence-corrected chi connectivity index (χ4v) is 4.86. The third-order valence-electron chi connectivity index (χ3n) is 6.75. The maximum Gasteiger partial charge on any atom is 0.340 e. The maximum atomic E-state index is 12.9. The smallest absolute Gasteiger partial charge is 0.340 e. The number of benzene rings is 2. The Balaban J connectivity index is 1.47. The van der Waals surface area contributed by atoms with E-state index in [0.29, 0.717) is 37.6 Å². The molecule has 1 aliphatic heterocycles. The first kappa shape index (κ1) is 26.2. The van der Waals surface area contributed by atoms with E-state index in [2.05, 4.69) is 26.5 Å². The van der Waals surface area contributed by atoms with E-state index in [1.165, 1.54) is 0 Å². The molecule has 8 nitrogen and oxygen atoms in total. The lowest BCUT2D eigenvalue weighted by atomic mass is 10.1. The van der Waals surface area contributed by atoms with Gasteiger partial charge in [-0.3, -0.25) is 9.80 Å². The van der Waals surface area contributed by atoms with Crippen LogP contribution in [0.5, 0.6) is 5.75 Å². The number of hydrogen-bond donors (Lipinski definition) is 2. The molecular weight excluding hydrogens is 458 g/mol. The summed E-state index contributed by atoms with van der Waals surface area (Å²) in [5, 5.41) is 20.5. The quantitative estimate of drug-likeness (QED) is 0.395. The van der Waals surface area contributed by atoms with E-state index in [4.69, 9.17) is 14.6 Å². The molecule has 0 spiro atoms. The molecule has 1 aromatic heterocycles. The Morgan fingerprint density at radius 3 is 2.47 bits per heavy atom. The number of aromatic nitrogens is 1. The number of hydrogen-bond acceptors (Lipinski definition) is 7. The van der Waals surface area contributed by atoms with Gasteiger partial charge >= 0.3 is 5.97 Å². The van der Waals surface area contributed by atoms with Crippen LogP contribution in [0.2, 0.25) is 0 Å². The maximum absolute atomic E-state index is 12.9. The van der Waals surface area contributed by atoms with E-state index < -0.39 is 6.10 Å². The fraction of sp³-hybridized carbons (Fsp3) is 0.464. The molecule has 4 rings (SSSR count). The second kappa shape index (κ2) is 12.4. The Morgan fingerprint density at radius 1 is 1.06 bits per heavy atom. The Hall–Kier alpha value is -2.91. The van der Waals surface area contributed by atoms with Crippen LogP contribution < -0.4 is 4.74 Å². The zero-order chi connectivity index (χ0) is 25.5. The van der Waals surface area contributed by atoms with Crippen molar-refractivity contribution in [2.75, 3.05) is 59.1 Å². The first-order valence-electron chi connectivity index (χ1n) is 12.7. The van der Waals surface area contributed by atoms with Gasteiger partial charge < -0.3 is 24.3 Å². The van der Waals surface area contributed by atoms with Crippen molar-refractivity contribution >= 4 is 16.9 Å². The Labute approximate surface area is 212 Å². The summed E-state index contributed by atoms with van der Waals surface area (Å²) in [7, 11) is 0. The van der Waals surface area contributed by atoms with E-state index >= 15 is 0 Å². The Kier molecular flexibility index (Phi) is 8.98. The number of fused-ring (bicyclic) bond motifs is 1. The van der Waals surface area contributed by atoms with Gasteiger partial charge in [-0.05, 0) is 37.6 Å². The third kappa shape index (κ3) is 6.25. The molecule has 0 radical (unpaired) electrons. The van der Waals surface area contributed by atoms with Gasteiger partial charge in [0.2, 0.25) is 0 Å². The molecule has 36 heavy (non-hydrogen) atoms. The molecule has 194 valence electrons. The molecule has 2 aromatic carbocycles. The van der Waals surface area contributed by atoms with Crippen LogP contribution in [0, 0.1) is 6.92 Å². The van der Waals surface area contributed by atoms with E-state index in [1.54, 1.807) is 6.92 Å². The average Bonchev–Trinajstić information content (AvgIpc) is 3.15. The lowest BCUT2D eigenvalue weighted by Gasteiger charge is -2.35. The minimum absolute atomic E-state index is 0.167. The zero-order valence-corrected chi connectivity index (χ0v) is 21.2. The van der Waals surface area contributed by atoms with Gasteiger partial charge in [0.05, 0.1) is 18.8 Å². The van der Waals surface area contributed by atoms with Crippen molar-refractivity contribution in [3.8, 4) is 5.75 Å². The molecule has 2 N–H and O–H groups in total. The summed E-state index contributed by atoms with van der Waals surface area (Å²) in [5.41, 5.74) is 3.49. The van der Waals surface area contributed by atoms with E-state index in [-0.39, 0.29) is 19.2 Å². The lowest BCUT2D eigenvalue weighted by molar-refractivity contribution is 0.0428. The number of rotatable bonds is 11. The molecule has 1 atom stereocenters. The summed E-state index contributed by atoms with van der Waals surface area (Å²) in [6.07, 6.45) is -0.626. The molecular formula is C28H37N3O5. The van der Waals surface area contributed by atoms with Crippen molar-refractivity contribution in [2.24, 2.45) is 0 Å². The Morgan fingerprint density at radius 2 is 1.78 bits per heavy atom. The molecule has 3 aromatic rings. The van der Waals surface area contributed by atoms with Crippen LogP contribution in [0.25, 0.3) is 10.9 Å². The topological polar surface area (TPSA) is 87.4 Å².